The summed E-state index contributed by atoms with van der Waals surface area (Å²) in [4.78, 5) is 6.69. The molecular formula is C17H26Cl2IN3O. The molecule has 0 amide bonds. The van der Waals surface area contributed by atoms with Crippen LogP contribution in [0, 0.1) is 5.92 Å². The Morgan fingerprint density at radius 2 is 2.21 bits per heavy atom. The van der Waals surface area contributed by atoms with Crippen LogP contribution in [0.1, 0.15) is 18.4 Å². The van der Waals surface area contributed by atoms with Crippen molar-refractivity contribution < 1.29 is 4.74 Å². The number of likely N-dealkylation sites (tertiary alicyclic amines) is 1. The Kier molecular flexibility index (Phi) is 10.3. The highest BCUT2D eigenvalue weighted by molar-refractivity contribution is 14.0. The second kappa shape index (κ2) is 11.4. The lowest BCUT2D eigenvalue weighted by Crippen LogP contribution is -2.40. The summed E-state index contributed by atoms with van der Waals surface area (Å²) in [6, 6.07) is 5.68. The predicted molar refractivity (Wildman–Crippen MR) is 113 cm³/mol. The number of methoxy groups -OCH3 is 1. The fraction of sp³-hybridized carbons (Fsp3) is 0.588. The normalized spacial score (nSPS) is 17.8. The maximum absolute atomic E-state index is 6.20. The standard InChI is InChI=1S/C17H25Cl2N3O.HI/c1-20-17(22-9-7-13(11-22)12-23-2)21-8-3-4-14-5-6-15(18)10-16(14)19;/h5-6,10,13H,3-4,7-9,11-12H2,1-2H3,(H,20,21);1H. The van der Waals surface area contributed by atoms with Gasteiger partial charge >= 0.3 is 0 Å². The number of hydrogen-bond acceptors (Lipinski definition) is 2. The highest BCUT2D eigenvalue weighted by atomic mass is 127. The molecule has 24 heavy (non-hydrogen) atoms. The summed E-state index contributed by atoms with van der Waals surface area (Å²) in [6.07, 6.45) is 3.08. The molecule has 0 bridgehead atoms. The lowest BCUT2D eigenvalue weighted by molar-refractivity contribution is 0.157. The summed E-state index contributed by atoms with van der Waals surface area (Å²) >= 11 is 12.1. The van der Waals surface area contributed by atoms with Crippen LogP contribution in [-0.2, 0) is 11.2 Å². The lowest BCUT2D eigenvalue weighted by Gasteiger charge is -2.21. The van der Waals surface area contributed by atoms with Crippen molar-refractivity contribution in [1.82, 2.24) is 10.2 Å². The minimum absolute atomic E-state index is 0. The van der Waals surface area contributed by atoms with E-state index in [1.54, 1.807) is 13.2 Å². The van der Waals surface area contributed by atoms with Gasteiger partial charge in [-0.1, -0.05) is 29.3 Å². The van der Waals surface area contributed by atoms with Gasteiger partial charge in [0.25, 0.3) is 0 Å². The second-order valence-corrected chi connectivity index (χ2v) is 6.71. The zero-order valence-electron chi connectivity index (χ0n) is 14.2. The fourth-order valence-corrected chi connectivity index (χ4v) is 3.44. The number of benzene rings is 1. The minimum atomic E-state index is 0. The number of guanidine groups is 1. The van der Waals surface area contributed by atoms with Crippen molar-refractivity contribution in [2.45, 2.75) is 19.3 Å². The van der Waals surface area contributed by atoms with Crippen LogP contribution in [0.3, 0.4) is 0 Å². The fourth-order valence-electron chi connectivity index (χ4n) is 2.93. The van der Waals surface area contributed by atoms with Crippen LogP contribution in [-0.4, -0.2) is 51.3 Å². The third-order valence-electron chi connectivity index (χ3n) is 4.12. The topological polar surface area (TPSA) is 36.9 Å². The molecule has 1 aromatic rings. The smallest absolute Gasteiger partial charge is 0.193 e. The number of nitrogens with one attached hydrogen (secondary N) is 1. The molecule has 1 aliphatic rings. The summed E-state index contributed by atoms with van der Waals surface area (Å²) in [7, 11) is 3.60. The van der Waals surface area contributed by atoms with E-state index in [1.165, 1.54) is 0 Å². The molecule has 1 unspecified atom stereocenters. The van der Waals surface area contributed by atoms with Gasteiger partial charge in [0, 0.05) is 49.8 Å². The van der Waals surface area contributed by atoms with Crippen LogP contribution < -0.4 is 5.32 Å². The first-order valence-electron chi connectivity index (χ1n) is 8.02. The molecule has 2 rings (SSSR count). The third-order valence-corrected chi connectivity index (χ3v) is 4.71. The Morgan fingerprint density at radius 3 is 2.88 bits per heavy atom. The Hall–Kier alpha value is -0.240. The molecule has 0 aromatic heterocycles. The SMILES string of the molecule is CN=C(NCCCc1ccc(Cl)cc1Cl)N1CCC(COC)C1.I. The van der Waals surface area contributed by atoms with E-state index in [2.05, 4.69) is 15.2 Å². The maximum Gasteiger partial charge on any atom is 0.193 e. The molecule has 0 spiro atoms. The molecule has 1 saturated heterocycles. The Morgan fingerprint density at radius 1 is 1.42 bits per heavy atom. The zero-order valence-corrected chi connectivity index (χ0v) is 18.1. The average molecular weight is 486 g/mol. The van der Waals surface area contributed by atoms with Crippen molar-refractivity contribution in [3.8, 4) is 0 Å². The van der Waals surface area contributed by atoms with Crippen molar-refractivity contribution in [3.63, 3.8) is 0 Å². The van der Waals surface area contributed by atoms with Crippen molar-refractivity contribution in [2.24, 2.45) is 10.9 Å². The van der Waals surface area contributed by atoms with Gasteiger partial charge in [0.05, 0.1) is 6.61 Å². The molecule has 1 N–H and O–H groups in total. The molecule has 136 valence electrons. The molecule has 1 heterocycles. The molecule has 7 heteroatoms. The number of hydrogen-bond donors (Lipinski definition) is 1. The summed E-state index contributed by atoms with van der Waals surface area (Å²) in [5, 5.41) is 4.86. The number of nitrogens with zero attached hydrogens (tertiary/aromatic N) is 2. The Labute approximate surface area is 172 Å². The molecule has 1 fully saturated rings. The number of aryl methyl sites for hydroxylation is 1. The van der Waals surface area contributed by atoms with E-state index < -0.39 is 0 Å². The molecule has 1 aliphatic heterocycles. The summed E-state index contributed by atoms with van der Waals surface area (Å²) < 4.78 is 5.25. The first-order valence-corrected chi connectivity index (χ1v) is 8.78. The summed E-state index contributed by atoms with van der Waals surface area (Å²) in [5.41, 5.74) is 1.13. The second-order valence-electron chi connectivity index (χ2n) is 5.87. The predicted octanol–water partition coefficient (Wildman–Crippen LogP) is 4.09. The van der Waals surface area contributed by atoms with E-state index in [0.717, 1.165) is 62.0 Å². The number of halogens is 3. The van der Waals surface area contributed by atoms with E-state index in [4.69, 9.17) is 27.9 Å². The van der Waals surface area contributed by atoms with E-state index in [-0.39, 0.29) is 24.0 Å². The quantitative estimate of drug-likeness (QED) is 0.285. The average Bonchev–Trinajstić information content (AvgIpc) is 2.98. The van der Waals surface area contributed by atoms with E-state index in [1.807, 2.05) is 19.2 Å². The van der Waals surface area contributed by atoms with Gasteiger partial charge in [-0.05, 0) is 37.0 Å². The van der Waals surface area contributed by atoms with Crippen molar-refractivity contribution >= 4 is 53.1 Å². The van der Waals surface area contributed by atoms with Gasteiger partial charge in [0.15, 0.2) is 5.96 Å². The van der Waals surface area contributed by atoms with E-state index in [0.29, 0.717) is 10.9 Å². The van der Waals surface area contributed by atoms with E-state index in [9.17, 15) is 0 Å². The minimum Gasteiger partial charge on any atom is -0.384 e. The molecule has 1 aromatic carbocycles. The number of rotatable bonds is 6. The van der Waals surface area contributed by atoms with Gasteiger partial charge in [0.2, 0.25) is 0 Å². The van der Waals surface area contributed by atoms with Crippen molar-refractivity contribution in [1.29, 1.82) is 0 Å². The van der Waals surface area contributed by atoms with Gasteiger partial charge in [-0.2, -0.15) is 0 Å². The molecule has 4 nitrogen and oxygen atoms in total. The van der Waals surface area contributed by atoms with Crippen LogP contribution in [0.25, 0.3) is 0 Å². The molecule has 0 aliphatic carbocycles. The molecule has 1 atom stereocenters. The summed E-state index contributed by atoms with van der Waals surface area (Å²) in [5.74, 6) is 1.58. The lowest BCUT2D eigenvalue weighted by atomic mass is 10.1. The van der Waals surface area contributed by atoms with Crippen LogP contribution in [0.2, 0.25) is 10.0 Å². The van der Waals surface area contributed by atoms with Gasteiger partial charge in [0.1, 0.15) is 0 Å². The van der Waals surface area contributed by atoms with Crippen LogP contribution in [0.4, 0.5) is 0 Å². The van der Waals surface area contributed by atoms with Crippen molar-refractivity contribution in [3.05, 3.63) is 33.8 Å². The summed E-state index contributed by atoms with van der Waals surface area (Å²) in [6.45, 7) is 3.74. The van der Waals surface area contributed by atoms with Gasteiger partial charge in [-0.25, -0.2) is 0 Å². The van der Waals surface area contributed by atoms with Crippen LogP contribution >= 0.6 is 47.2 Å². The highest BCUT2D eigenvalue weighted by Gasteiger charge is 2.24. The molecule has 0 radical (unpaired) electrons. The largest absolute Gasteiger partial charge is 0.384 e. The van der Waals surface area contributed by atoms with Gasteiger partial charge in [-0.3, -0.25) is 4.99 Å². The third kappa shape index (κ3) is 6.58. The number of aliphatic imine (C=N–C) groups is 1. The van der Waals surface area contributed by atoms with Crippen molar-refractivity contribution in [2.75, 3.05) is 40.4 Å². The van der Waals surface area contributed by atoms with Crippen LogP contribution in [0.15, 0.2) is 23.2 Å². The molecular weight excluding hydrogens is 460 g/mol. The highest BCUT2D eigenvalue weighted by Crippen LogP contribution is 2.22. The monoisotopic (exact) mass is 485 g/mol. The Balaban J connectivity index is 0.00000288. The van der Waals surface area contributed by atoms with Crippen LogP contribution in [0.5, 0.6) is 0 Å². The first kappa shape index (κ1) is 21.8. The van der Waals surface area contributed by atoms with Gasteiger partial charge in [-0.15, -0.1) is 24.0 Å². The van der Waals surface area contributed by atoms with E-state index >= 15 is 0 Å². The number of ether oxygens (including phenoxy) is 1. The maximum atomic E-state index is 6.20. The molecule has 0 saturated carbocycles. The van der Waals surface area contributed by atoms with Gasteiger partial charge < -0.3 is 15.0 Å². The first-order chi connectivity index (χ1) is 11.1. The zero-order chi connectivity index (χ0) is 16.7. The Bertz CT molecular complexity index is 543.